The molecule has 0 bridgehead atoms. The summed E-state index contributed by atoms with van der Waals surface area (Å²) in [6.45, 7) is 2.88. The quantitative estimate of drug-likeness (QED) is 0.798. The monoisotopic (exact) mass is 196 g/mol. The lowest BCUT2D eigenvalue weighted by molar-refractivity contribution is 0.626. The minimum absolute atomic E-state index is 0.200. The van der Waals surface area contributed by atoms with Gasteiger partial charge in [0.15, 0.2) is 0 Å². The van der Waals surface area contributed by atoms with Crippen LogP contribution in [0.1, 0.15) is 13.3 Å². The Balaban J connectivity index is 2.52. The van der Waals surface area contributed by atoms with Crippen LogP contribution in [0.3, 0.4) is 0 Å². The van der Waals surface area contributed by atoms with E-state index in [9.17, 15) is 4.39 Å². The van der Waals surface area contributed by atoms with Crippen LogP contribution in [0.25, 0.3) is 0 Å². The highest BCUT2D eigenvalue weighted by molar-refractivity contribution is 5.45. The van der Waals surface area contributed by atoms with E-state index in [0.29, 0.717) is 0 Å². The van der Waals surface area contributed by atoms with Crippen molar-refractivity contribution in [3.8, 4) is 0 Å². The van der Waals surface area contributed by atoms with Gasteiger partial charge in [0.2, 0.25) is 0 Å². The highest BCUT2D eigenvalue weighted by Gasteiger charge is 2.02. The van der Waals surface area contributed by atoms with Crippen LogP contribution >= 0.6 is 0 Å². The maximum atomic E-state index is 12.6. The summed E-state index contributed by atoms with van der Waals surface area (Å²) in [5.74, 6) is -0.200. The molecule has 0 aliphatic heterocycles. The van der Waals surface area contributed by atoms with E-state index in [2.05, 4.69) is 4.90 Å². The Morgan fingerprint density at radius 3 is 2.43 bits per heavy atom. The van der Waals surface area contributed by atoms with Crippen LogP contribution in [0.15, 0.2) is 24.3 Å². The molecule has 78 valence electrons. The standard InChI is InChI=1S/C11H17FN2/c1-9(13)7-8-14(2)11-5-3-10(12)4-6-11/h3-6,9H,7-8,13H2,1-2H3. The number of hydrogen-bond donors (Lipinski definition) is 1. The smallest absolute Gasteiger partial charge is 0.123 e. The summed E-state index contributed by atoms with van der Waals surface area (Å²) < 4.78 is 12.6. The first-order valence-electron chi connectivity index (χ1n) is 4.82. The van der Waals surface area contributed by atoms with Crippen LogP contribution in [-0.2, 0) is 0 Å². The minimum Gasteiger partial charge on any atom is -0.375 e. The van der Waals surface area contributed by atoms with Crippen molar-refractivity contribution >= 4 is 5.69 Å². The number of nitrogens with zero attached hydrogens (tertiary/aromatic N) is 1. The van der Waals surface area contributed by atoms with Gasteiger partial charge >= 0.3 is 0 Å². The molecule has 1 atom stereocenters. The van der Waals surface area contributed by atoms with Gasteiger partial charge in [-0.15, -0.1) is 0 Å². The van der Waals surface area contributed by atoms with Crippen molar-refractivity contribution in [1.82, 2.24) is 0 Å². The average molecular weight is 196 g/mol. The number of halogens is 1. The largest absolute Gasteiger partial charge is 0.375 e. The lowest BCUT2D eigenvalue weighted by Crippen LogP contribution is -2.25. The molecule has 0 radical (unpaired) electrons. The highest BCUT2D eigenvalue weighted by atomic mass is 19.1. The molecular formula is C11H17FN2. The zero-order chi connectivity index (χ0) is 10.6. The van der Waals surface area contributed by atoms with Gasteiger partial charge in [-0.2, -0.15) is 0 Å². The predicted octanol–water partition coefficient (Wildman–Crippen LogP) is 2.00. The molecule has 14 heavy (non-hydrogen) atoms. The van der Waals surface area contributed by atoms with Crippen LogP contribution in [0.2, 0.25) is 0 Å². The number of nitrogens with two attached hydrogens (primary N) is 1. The first-order valence-corrected chi connectivity index (χ1v) is 4.82. The Kier molecular flexibility index (Phi) is 3.89. The van der Waals surface area contributed by atoms with Crippen molar-refractivity contribution in [2.75, 3.05) is 18.5 Å². The molecule has 3 heteroatoms. The first-order chi connectivity index (χ1) is 6.59. The lowest BCUT2D eigenvalue weighted by Gasteiger charge is -2.20. The molecule has 1 unspecified atom stereocenters. The van der Waals surface area contributed by atoms with Crippen molar-refractivity contribution in [3.05, 3.63) is 30.1 Å². The molecule has 0 fully saturated rings. The third kappa shape index (κ3) is 3.34. The van der Waals surface area contributed by atoms with Gasteiger partial charge < -0.3 is 10.6 Å². The lowest BCUT2D eigenvalue weighted by atomic mass is 10.2. The third-order valence-corrected chi connectivity index (χ3v) is 2.19. The van der Waals surface area contributed by atoms with E-state index in [1.165, 1.54) is 12.1 Å². The van der Waals surface area contributed by atoms with Crippen LogP contribution < -0.4 is 10.6 Å². The molecule has 0 aliphatic carbocycles. The van der Waals surface area contributed by atoms with Gasteiger partial charge in [-0.3, -0.25) is 0 Å². The molecule has 0 spiro atoms. The summed E-state index contributed by atoms with van der Waals surface area (Å²) in [6, 6.07) is 6.69. The Labute approximate surface area is 84.5 Å². The molecule has 0 amide bonds. The molecule has 2 nitrogen and oxygen atoms in total. The van der Waals surface area contributed by atoms with Gasteiger partial charge in [0, 0.05) is 25.3 Å². The van der Waals surface area contributed by atoms with Gasteiger partial charge in [-0.05, 0) is 37.6 Å². The Morgan fingerprint density at radius 1 is 1.36 bits per heavy atom. The van der Waals surface area contributed by atoms with Gasteiger partial charge in [-0.1, -0.05) is 0 Å². The summed E-state index contributed by atoms with van der Waals surface area (Å²) in [5, 5.41) is 0. The number of benzene rings is 1. The molecule has 0 aromatic heterocycles. The minimum atomic E-state index is -0.200. The zero-order valence-electron chi connectivity index (χ0n) is 8.70. The van der Waals surface area contributed by atoms with Crippen molar-refractivity contribution in [3.63, 3.8) is 0 Å². The Morgan fingerprint density at radius 2 is 1.93 bits per heavy atom. The average Bonchev–Trinajstić information content (AvgIpc) is 2.15. The molecule has 0 heterocycles. The third-order valence-electron chi connectivity index (χ3n) is 2.19. The van der Waals surface area contributed by atoms with Gasteiger partial charge in [0.05, 0.1) is 0 Å². The summed E-state index contributed by atoms with van der Waals surface area (Å²) in [7, 11) is 1.98. The second kappa shape index (κ2) is 4.96. The Hall–Kier alpha value is -1.09. The molecule has 1 aromatic carbocycles. The first kappa shape index (κ1) is 11.0. The molecule has 1 rings (SSSR count). The van der Waals surface area contributed by atoms with E-state index in [1.54, 1.807) is 12.1 Å². The second-order valence-corrected chi connectivity index (χ2v) is 3.66. The van der Waals surface area contributed by atoms with E-state index in [4.69, 9.17) is 5.73 Å². The van der Waals surface area contributed by atoms with E-state index in [0.717, 1.165) is 18.7 Å². The van der Waals surface area contributed by atoms with E-state index in [1.807, 2.05) is 14.0 Å². The fraction of sp³-hybridized carbons (Fsp3) is 0.455. The fourth-order valence-corrected chi connectivity index (χ4v) is 1.22. The highest BCUT2D eigenvalue weighted by Crippen LogP contribution is 2.13. The van der Waals surface area contributed by atoms with Gasteiger partial charge in [-0.25, -0.2) is 4.39 Å². The van der Waals surface area contributed by atoms with Crippen LogP contribution in [-0.4, -0.2) is 19.6 Å². The molecule has 0 aliphatic rings. The van der Waals surface area contributed by atoms with Crippen LogP contribution in [0.5, 0.6) is 0 Å². The summed E-state index contributed by atoms with van der Waals surface area (Å²) in [4.78, 5) is 2.07. The topological polar surface area (TPSA) is 29.3 Å². The van der Waals surface area contributed by atoms with Crippen molar-refractivity contribution < 1.29 is 4.39 Å². The molecule has 1 aromatic rings. The van der Waals surface area contributed by atoms with Crippen LogP contribution in [0, 0.1) is 5.82 Å². The molecule has 0 saturated carbocycles. The maximum absolute atomic E-state index is 12.6. The summed E-state index contributed by atoms with van der Waals surface area (Å²) in [6.07, 6.45) is 0.938. The van der Waals surface area contributed by atoms with Gasteiger partial charge in [0.1, 0.15) is 5.82 Å². The molecule has 0 saturated heterocycles. The van der Waals surface area contributed by atoms with E-state index in [-0.39, 0.29) is 11.9 Å². The normalized spacial score (nSPS) is 12.6. The second-order valence-electron chi connectivity index (χ2n) is 3.66. The maximum Gasteiger partial charge on any atom is 0.123 e. The van der Waals surface area contributed by atoms with E-state index < -0.39 is 0 Å². The summed E-state index contributed by atoms with van der Waals surface area (Å²) >= 11 is 0. The van der Waals surface area contributed by atoms with Gasteiger partial charge in [0.25, 0.3) is 0 Å². The number of anilines is 1. The number of rotatable bonds is 4. The molecule has 2 N–H and O–H groups in total. The zero-order valence-corrected chi connectivity index (χ0v) is 8.70. The van der Waals surface area contributed by atoms with Crippen molar-refractivity contribution in [2.24, 2.45) is 5.73 Å². The Bertz CT molecular complexity index is 269. The number of hydrogen-bond acceptors (Lipinski definition) is 2. The summed E-state index contributed by atoms with van der Waals surface area (Å²) in [5.41, 5.74) is 6.68. The molecular weight excluding hydrogens is 179 g/mol. The van der Waals surface area contributed by atoms with E-state index >= 15 is 0 Å². The van der Waals surface area contributed by atoms with Crippen LogP contribution in [0.4, 0.5) is 10.1 Å². The van der Waals surface area contributed by atoms with Crippen molar-refractivity contribution in [2.45, 2.75) is 19.4 Å². The predicted molar refractivity (Wildman–Crippen MR) is 57.9 cm³/mol. The fourth-order valence-electron chi connectivity index (χ4n) is 1.22. The van der Waals surface area contributed by atoms with Crippen molar-refractivity contribution in [1.29, 1.82) is 0 Å². The SMILES string of the molecule is CC(N)CCN(C)c1ccc(F)cc1.